The largest absolute Gasteiger partial charge is 0.394 e. The number of aliphatic hydroxyl groups is 1. The molecule has 0 aromatic carbocycles. The Balaban J connectivity index is 4.36. The van der Waals surface area contributed by atoms with Crippen LogP contribution in [0, 0.1) is 0 Å². The molecule has 0 spiro atoms. The van der Waals surface area contributed by atoms with Crippen LogP contribution in [0.3, 0.4) is 0 Å². The van der Waals surface area contributed by atoms with Gasteiger partial charge in [-0.25, -0.2) is 4.79 Å². The van der Waals surface area contributed by atoms with Gasteiger partial charge >= 0.3 is 6.03 Å². The Morgan fingerprint density at radius 3 is 2.18 bits per heavy atom. The zero-order chi connectivity index (χ0) is 9.07. The van der Waals surface area contributed by atoms with Crippen LogP contribution in [0.1, 0.15) is 20.8 Å². The third-order valence-corrected chi connectivity index (χ3v) is 1.70. The van der Waals surface area contributed by atoms with E-state index in [0.717, 1.165) is 0 Å². The molecule has 0 fully saturated rings. The highest BCUT2D eigenvalue weighted by atomic mass is 16.3. The highest BCUT2D eigenvalue weighted by Gasteiger charge is 2.26. The van der Waals surface area contributed by atoms with Crippen molar-refractivity contribution in [3.63, 3.8) is 0 Å². The van der Waals surface area contributed by atoms with E-state index in [1.54, 1.807) is 13.8 Å². The second-order valence-corrected chi connectivity index (χ2v) is 3.05. The first-order chi connectivity index (χ1) is 4.95. The van der Waals surface area contributed by atoms with Crippen molar-refractivity contribution in [2.45, 2.75) is 26.3 Å². The molecular weight excluding hydrogens is 144 g/mol. The van der Waals surface area contributed by atoms with Gasteiger partial charge in [-0.2, -0.15) is 0 Å². The first kappa shape index (κ1) is 10.2. The van der Waals surface area contributed by atoms with Gasteiger partial charge in [0.1, 0.15) is 0 Å². The van der Waals surface area contributed by atoms with Gasteiger partial charge in [0.25, 0.3) is 0 Å². The van der Waals surface area contributed by atoms with E-state index in [-0.39, 0.29) is 6.61 Å². The molecule has 2 amide bonds. The summed E-state index contributed by atoms with van der Waals surface area (Å²) in [6.45, 7) is 5.79. The Hall–Kier alpha value is -0.770. The molecule has 0 aliphatic carbocycles. The number of rotatable bonds is 3. The third kappa shape index (κ3) is 2.38. The Bertz CT molecular complexity index is 145. The first-order valence-corrected chi connectivity index (χ1v) is 3.63. The fourth-order valence-electron chi connectivity index (χ4n) is 0.968. The molecule has 4 nitrogen and oxygen atoms in total. The molecule has 0 saturated heterocycles. The Labute approximate surface area is 67.0 Å². The first-order valence-electron chi connectivity index (χ1n) is 3.63. The van der Waals surface area contributed by atoms with Crippen molar-refractivity contribution < 1.29 is 9.90 Å². The molecule has 0 heterocycles. The van der Waals surface area contributed by atoms with Gasteiger partial charge in [0.15, 0.2) is 0 Å². The van der Waals surface area contributed by atoms with Crippen molar-refractivity contribution >= 4 is 6.03 Å². The van der Waals surface area contributed by atoms with Gasteiger partial charge in [-0.3, -0.25) is 0 Å². The molecule has 0 atom stereocenters. The molecule has 0 aromatic rings. The Morgan fingerprint density at radius 2 is 2.09 bits per heavy atom. The molecule has 0 rings (SSSR count). The van der Waals surface area contributed by atoms with Crippen molar-refractivity contribution in [3.8, 4) is 0 Å². The lowest BCUT2D eigenvalue weighted by molar-refractivity contribution is 0.0882. The highest BCUT2D eigenvalue weighted by Crippen LogP contribution is 2.11. The molecule has 0 aromatic heterocycles. The average molecular weight is 160 g/mol. The van der Waals surface area contributed by atoms with E-state index < -0.39 is 11.6 Å². The van der Waals surface area contributed by atoms with Crippen molar-refractivity contribution in [2.24, 2.45) is 5.73 Å². The van der Waals surface area contributed by atoms with Crippen molar-refractivity contribution in [2.75, 3.05) is 13.2 Å². The van der Waals surface area contributed by atoms with Crippen LogP contribution in [-0.2, 0) is 0 Å². The number of amides is 2. The monoisotopic (exact) mass is 160 g/mol. The third-order valence-electron chi connectivity index (χ3n) is 1.70. The molecule has 0 bridgehead atoms. The SMILES string of the molecule is CCN(C(N)=O)C(C)(C)CO. The van der Waals surface area contributed by atoms with Crippen molar-refractivity contribution in [1.29, 1.82) is 0 Å². The van der Waals surface area contributed by atoms with Gasteiger partial charge in [-0.15, -0.1) is 0 Å². The number of likely N-dealkylation sites (N-methyl/N-ethyl adjacent to an activating group) is 1. The molecule has 0 aliphatic rings. The quantitative estimate of drug-likeness (QED) is 0.617. The number of hydrogen-bond acceptors (Lipinski definition) is 2. The second-order valence-electron chi connectivity index (χ2n) is 3.05. The van der Waals surface area contributed by atoms with E-state index in [0.29, 0.717) is 6.54 Å². The highest BCUT2D eigenvalue weighted by molar-refractivity contribution is 5.72. The van der Waals surface area contributed by atoms with E-state index in [1.165, 1.54) is 4.90 Å². The minimum absolute atomic E-state index is 0.0796. The zero-order valence-corrected chi connectivity index (χ0v) is 7.29. The standard InChI is InChI=1S/C7H16N2O2/c1-4-9(6(8)11)7(2,3)5-10/h10H,4-5H2,1-3H3,(H2,8,11). The van der Waals surface area contributed by atoms with Crippen molar-refractivity contribution in [1.82, 2.24) is 4.90 Å². The molecule has 0 unspecified atom stereocenters. The molecule has 4 heteroatoms. The van der Waals surface area contributed by atoms with Gasteiger partial charge in [0, 0.05) is 6.54 Å². The lowest BCUT2D eigenvalue weighted by atomic mass is 10.1. The summed E-state index contributed by atoms with van der Waals surface area (Å²) in [5, 5.41) is 8.90. The number of aliphatic hydroxyl groups excluding tert-OH is 1. The maximum Gasteiger partial charge on any atom is 0.315 e. The van der Waals surface area contributed by atoms with Crippen molar-refractivity contribution in [3.05, 3.63) is 0 Å². The number of carbonyl (C=O) groups excluding carboxylic acids is 1. The zero-order valence-electron chi connectivity index (χ0n) is 7.29. The fourth-order valence-corrected chi connectivity index (χ4v) is 0.968. The summed E-state index contributed by atoms with van der Waals surface area (Å²) >= 11 is 0. The summed E-state index contributed by atoms with van der Waals surface area (Å²) in [7, 11) is 0. The number of carbonyl (C=O) groups is 1. The van der Waals surface area contributed by atoms with Crippen LogP contribution in [0.25, 0.3) is 0 Å². The molecule has 0 aliphatic heterocycles. The smallest absolute Gasteiger partial charge is 0.315 e. The van der Waals surface area contributed by atoms with Crippen LogP contribution in [-0.4, -0.2) is 34.7 Å². The molecule has 11 heavy (non-hydrogen) atoms. The van der Waals surface area contributed by atoms with Crippen LogP contribution >= 0.6 is 0 Å². The minimum Gasteiger partial charge on any atom is -0.394 e. The summed E-state index contributed by atoms with van der Waals surface area (Å²) in [4.78, 5) is 12.2. The maximum absolute atomic E-state index is 10.8. The van der Waals surface area contributed by atoms with Gasteiger partial charge in [0.2, 0.25) is 0 Å². The van der Waals surface area contributed by atoms with Gasteiger partial charge in [0.05, 0.1) is 12.1 Å². The van der Waals surface area contributed by atoms with Gasteiger partial charge in [-0.1, -0.05) is 0 Å². The summed E-state index contributed by atoms with van der Waals surface area (Å²) in [6, 6.07) is -0.494. The van der Waals surface area contributed by atoms with E-state index in [9.17, 15) is 4.79 Å². The van der Waals surface area contributed by atoms with E-state index in [1.807, 2.05) is 6.92 Å². The second kappa shape index (κ2) is 3.57. The number of urea groups is 1. The van der Waals surface area contributed by atoms with Crippen LogP contribution < -0.4 is 5.73 Å². The number of primary amides is 1. The van der Waals surface area contributed by atoms with Crippen LogP contribution in [0.5, 0.6) is 0 Å². The molecular formula is C7H16N2O2. The fraction of sp³-hybridized carbons (Fsp3) is 0.857. The minimum atomic E-state index is -0.555. The average Bonchev–Trinajstić information content (AvgIpc) is 1.88. The predicted octanol–water partition coefficient (Wildman–Crippen LogP) is 0.158. The molecule has 3 N–H and O–H groups in total. The van der Waals surface area contributed by atoms with Crippen LogP contribution in [0.4, 0.5) is 4.79 Å². The summed E-state index contributed by atoms with van der Waals surface area (Å²) in [5.41, 5.74) is 4.53. The molecule has 0 saturated carbocycles. The van der Waals surface area contributed by atoms with E-state index >= 15 is 0 Å². The van der Waals surface area contributed by atoms with E-state index in [4.69, 9.17) is 10.8 Å². The number of nitrogens with zero attached hydrogens (tertiary/aromatic N) is 1. The van der Waals surface area contributed by atoms with Gasteiger partial charge in [-0.05, 0) is 20.8 Å². The lowest BCUT2D eigenvalue weighted by Crippen LogP contribution is -2.52. The predicted molar refractivity (Wildman–Crippen MR) is 43.1 cm³/mol. The van der Waals surface area contributed by atoms with Crippen LogP contribution in [0.2, 0.25) is 0 Å². The number of hydrogen-bond donors (Lipinski definition) is 2. The lowest BCUT2D eigenvalue weighted by Gasteiger charge is -2.34. The molecule has 66 valence electrons. The van der Waals surface area contributed by atoms with E-state index in [2.05, 4.69) is 0 Å². The summed E-state index contributed by atoms with van der Waals surface area (Å²) in [5.74, 6) is 0. The number of nitrogens with two attached hydrogens (primary N) is 1. The van der Waals surface area contributed by atoms with Gasteiger partial charge < -0.3 is 15.7 Å². The Morgan fingerprint density at radius 1 is 1.64 bits per heavy atom. The summed E-state index contributed by atoms with van der Waals surface area (Å²) < 4.78 is 0. The maximum atomic E-state index is 10.8. The Kier molecular flexibility index (Phi) is 3.32. The molecule has 0 radical (unpaired) electrons. The van der Waals surface area contributed by atoms with Crippen LogP contribution in [0.15, 0.2) is 0 Å². The normalized spacial score (nSPS) is 11.3. The topological polar surface area (TPSA) is 66.6 Å². The summed E-state index contributed by atoms with van der Waals surface area (Å²) in [6.07, 6.45) is 0.